The fourth-order valence-electron chi connectivity index (χ4n) is 3.25. The Morgan fingerprint density at radius 3 is 2.43 bits per heavy atom. The fraction of sp³-hybridized carbons (Fsp3) is 0.200. The number of carbonyl (C=O) groups is 2. The number of aromatic hydroxyl groups is 2. The lowest BCUT2D eigenvalue weighted by molar-refractivity contribution is -0.143. The number of benzene rings is 2. The quantitative estimate of drug-likeness (QED) is 0.291. The van der Waals surface area contributed by atoms with Crippen LogP contribution < -0.4 is 0 Å². The van der Waals surface area contributed by atoms with Crippen molar-refractivity contribution >= 4 is 58.5 Å². The molecule has 0 unspecified atom stereocenters. The van der Waals surface area contributed by atoms with Gasteiger partial charge in [0.05, 0.1) is 19.9 Å². The number of fused-ring (bicyclic) bond motifs is 1. The van der Waals surface area contributed by atoms with Crippen LogP contribution in [0.5, 0.6) is 11.5 Å². The molecule has 2 aliphatic heterocycles. The molecule has 4 rings (SSSR count). The maximum Gasteiger partial charge on any atom is 0.279 e. The Balaban J connectivity index is 1.62. The Morgan fingerprint density at radius 1 is 1.03 bits per heavy atom. The summed E-state index contributed by atoms with van der Waals surface area (Å²) in [6.07, 6.45) is 0.493. The number of likely N-dealkylation sites (N-methyl/N-ethyl adjacent to an activating group) is 1. The second kappa shape index (κ2) is 8.26. The topological polar surface area (TPSA) is 81.1 Å². The summed E-state index contributed by atoms with van der Waals surface area (Å²) in [5, 5.41) is 24.0. The summed E-state index contributed by atoms with van der Waals surface area (Å²) in [4.78, 5) is 26.7. The highest BCUT2D eigenvalue weighted by Crippen LogP contribution is 2.59. The summed E-state index contributed by atoms with van der Waals surface area (Å²) in [5.41, 5.74) is 1.29. The van der Waals surface area contributed by atoms with Crippen molar-refractivity contribution in [1.82, 2.24) is 10.0 Å². The van der Waals surface area contributed by atoms with Crippen LogP contribution in [0.4, 0.5) is 0 Å². The van der Waals surface area contributed by atoms with E-state index in [1.807, 2.05) is 18.2 Å². The molecule has 2 aromatic rings. The average molecular weight is 483 g/mol. The SMILES string of the molecule is CN1C(=O)/C(=C2/Sc3c(O)cc(CCl)c(O)c3S2)C(=O)N1CCc1ccccc1Cl. The third kappa shape index (κ3) is 3.51. The molecule has 1 saturated heterocycles. The monoisotopic (exact) mass is 482 g/mol. The summed E-state index contributed by atoms with van der Waals surface area (Å²) in [7, 11) is 1.54. The number of hydrogen-bond donors (Lipinski definition) is 2. The molecule has 30 heavy (non-hydrogen) atoms. The van der Waals surface area contributed by atoms with Gasteiger partial charge in [-0.25, -0.2) is 5.01 Å². The molecule has 0 radical (unpaired) electrons. The van der Waals surface area contributed by atoms with E-state index in [4.69, 9.17) is 23.2 Å². The lowest BCUT2D eigenvalue weighted by Crippen LogP contribution is -2.39. The molecule has 0 atom stereocenters. The van der Waals surface area contributed by atoms with Crippen molar-refractivity contribution in [1.29, 1.82) is 0 Å². The van der Waals surface area contributed by atoms with E-state index in [9.17, 15) is 19.8 Å². The van der Waals surface area contributed by atoms with E-state index in [0.717, 1.165) is 29.1 Å². The number of thioether (sulfide) groups is 2. The first-order valence-corrected chi connectivity index (χ1v) is 11.4. The lowest BCUT2D eigenvalue weighted by atomic mass is 10.1. The molecule has 0 spiro atoms. The highest BCUT2D eigenvalue weighted by Gasteiger charge is 2.43. The maximum atomic E-state index is 13.1. The third-order valence-electron chi connectivity index (χ3n) is 4.88. The number of halogens is 2. The van der Waals surface area contributed by atoms with Crippen molar-refractivity contribution in [3.8, 4) is 11.5 Å². The minimum atomic E-state index is -0.432. The second-order valence-corrected chi connectivity index (χ2v) is 9.63. The lowest BCUT2D eigenvalue weighted by Gasteiger charge is -2.23. The summed E-state index contributed by atoms with van der Waals surface area (Å²) >= 11 is 14.2. The first-order valence-electron chi connectivity index (χ1n) is 8.90. The summed E-state index contributed by atoms with van der Waals surface area (Å²) < 4.78 is 0.421. The van der Waals surface area contributed by atoms with Crippen LogP contribution in [0, 0.1) is 0 Å². The van der Waals surface area contributed by atoms with Gasteiger partial charge < -0.3 is 10.2 Å². The van der Waals surface area contributed by atoms with Crippen molar-refractivity contribution < 1.29 is 19.8 Å². The van der Waals surface area contributed by atoms with E-state index in [1.165, 1.54) is 16.1 Å². The molecular weight excluding hydrogens is 467 g/mol. The van der Waals surface area contributed by atoms with Crippen molar-refractivity contribution in [2.45, 2.75) is 22.1 Å². The summed E-state index contributed by atoms with van der Waals surface area (Å²) in [6, 6.07) is 8.75. The van der Waals surface area contributed by atoms with Gasteiger partial charge in [0.15, 0.2) is 0 Å². The number of phenolic OH excluding ortho intramolecular Hbond substituents is 2. The molecule has 6 nitrogen and oxygen atoms in total. The van der Waals surface area contributed by atoms with E-state index < -0.39 is 11.8 Å². The highest BCUT2D eigenvalue weighted by atomic mass is 35.5. The molecule has 0 aliphatic carbocycles. The zero-order valence-corrected chi connectivity index (χ0v) is 18.8. The number of nitrogens with zero attached hydrogens (tertiary/aromatic N) is 2. The molecular formula is C20H16Cl2N2O4S2. The van der Waals surface area contributed by atoms with Gasteiger partial charge in [-0.1, -0.05) is 53.3 Å². The number of alkyl halides is 1. The fourth-order valence-corrected chi connectivity index (χ4v) is 6.31. The van der Waals surface area contributed by atoms with E-state index in [-0.39, 0.29) is 29.5 Å². The molecule has 0 aromatic heterocycles. The van der Waals surface area contributed by atoms with Crippen LogP contribution in [-0.4, -0.2) is 45.6 Å². The predicted octanol–water partition coefficient (Wildman–Crippen LogP) is 4.36. The van der Waals surface area contributed by atoms with Gasteiger partial charge in [-0.05, 0) is 24.1 Å². The number of carbonyl (C=O) groups excluding carboxylic acids is 2. The predicted molar refractivity (Wildman–Crippen MR) is 118 cm³/mol. The number of hydrogen-bond acceptors (Lipinski definition) is 6. The van der Waals surface area contributed by atoms with Gasteiger partial charge in [-0.3, -0.25) is 14.6 Å². The Hall–Kier alpha value is -2.00. The maximum absolute atomic E-state index is 13.1. The molecule has 0 bridgehead atoms. The molecule has 2 aromatic carbocycles. The van der Waals surface area contributed by atoms with E-state index in [1.54, 1.807) is 13.1 Å². The van der Waals surface area contributed by atoms with Gasteiger partial charge in [-0.2, -0.15) is 0 Å². The van der Waals surface area contributed by atoms with Crippen molar-refractivity contribution in [2.75, 3.05) is 13.6 Å². The van der Waals surface area contributed by atoms with Crippen LogP contribution in [0.25, 0.3) is 0 Å². The van der Waals surface area contributed by atoms with Gasteiger partial charge >= 0.3 is 0 Å². The molecule has 0 saturated carbocycles. The van der Waals surface area contributed by atoms with Gasteiger partial charge in [0.25, 0.3) is 11.8 Å². The van der Waals surface area contributed by atoms with Gasteiger partial charge in [-0.15, -0.1) is 11.6 Å². The van der Waals surface area contributed by atoms with E-state index in [2.05, 4.69) is 0 Å². The number of hydrazine groups is 1. The van der Waals surface area contributed by atoms with E-state index in [0.29, 0.717) is 31.0 Å². The van der Waals surface area contributed by atoms with Gasteiger partial charge in [0.2, 0.25) is 0 Å². The number of phenols is 2. The van der Waals surface area contributed by atoms with Crippen LogP contribution in [0.1, 0.15) is 11.1 Å². The molecule has 2 amide bonds. The van der Waals surface area contributed by atoms with Crippen LogP contribution in [-0.2, 0) is 21.9 Å². The third-order valence-corrected chi connectivity index (χ3v) is 8.16. The Bertz CT molecular complexity index is 1110. The van der Waals surface area contributed by atoms with Crippen LogP contribution in [0.2, 0.25) is 5.02 Å². The second-order valence-electron chi connectivity index (χ2n) is 6.66. The first-order chi connectivity index (χ1) is 14.3. The zero-order valence-electron chi connectivity index (χ0n) is 15.7. The highest BCUT2D eigenvalue weighted by molar-refractivity contribution is 8.25. The van der Waals surface area contributed by atoms with Crippen LogP contribution in [0.15, 0.2) is 49.9 Å². The van der Waals surface area contributed by atoms with Crippen LogP contribution >= 0.6 is 46.7 Å². The smallest absolute Gasteiger partial charge is 0.279 e. The normalized spacial score (nSPS) is 18.5. The molecule has 2 heterocycles. The molecule has 2 aliphatic rings. The number of amides is 2. The average Bonchev–Trinajstić information content (AvgIpc) is 3.25. The largest absolute Gasteiger partial charge is 0.507 e. The Labute approximate surface area is 191 Å². The summed E-state index contributed by atoms with van der Waals surface area (Å²) in [6.45, 7) is 0.288. The van der Waals surface area contributed by atoms with Gasteiger partial charge in [0.1, 0.15) is 17.1 Å². The van der Waals surface area contributed by atoms with E-state index >= 15 is 0 Å². The molecule has 2 N–H and O–H groups in total. The first kappa shape index (κ1) is 21.2. The molecule has 10 heteroatoms. The Kier molecular flexibility index (Phi) is 5.85. The Morgan fingerprint density at radius 2 is 1.73 bits per heavy atom. The number of rotatable bonds is 4. The molecule has 1 fully saturated rings. The zero-order chi connectivity index (χ0) is 21.6. The molecule has 156 valence electrons. The van der Waals surface area contributed by atoms with Crippen molar-refractivity contribution in [2.24, 2.45) is 0 Å². The minimum Gasteiger partial charge on any atom is -0.507 e. The van der Waals surface area contributed by atoms with Crippen molar-refractivity contribution in [3.05, 3.63) is 56.3 Å². The minimum absolute atomic E-state index is 0.0223. The van der Waals surface area contributed by atoms with Gasteiger partial charge in [0, 0.05) is 24.2 Å². The van der Waals surface area contributed by atoms with Crippen LogP contribution in [0.3, 0.4) is 0 Å². The standard InChI is InChI=1S/C20H16Cl2N2O4S2/c1-23-18(27)14(19(28)24(23)7-6-10-4-2-3-5-12(10)22)20-29-16-13(25)8-11(9-21)15(26)17(16)30-20/h2-5,8,25-26H,6-7,9H2,1H3/b20-14+. The van der Waals surface area contributed by atoms with Crippen molar-refractivity contribution in [3.63, 3.8) is 0 Å². The summed E-state index contributed by atoms with van der Waals surface area (Å²) in [5.74, 6) is -0.922.